The first-order valence-electron chi connectivity index (χ1n) is 7.44. The molecule has 2 aromatic heterocycles. The van der Waals surface area contributed by atoms with E-state index in [1.54, 1.807) is 24.5 Å². The third-order valence-corrected chi connectivity index (χ3v) is 3.61. The standard InChI is InChI=1S/C17H15ClN4O2/c18-14-3-1-12(2-4-14)5-10-20-15(23)11-16-21-22-17(24-16)13-6-8-19-9-7-13/h1-4,6-9H,5,10-11H2,(H,20,23). The van der Waals surface area contributed by atoms with Gasteiger partial charge in [0, 0.05) is 29.5 Å². The first-order chi connectivity index (χ1) is 11.7. The Morgan fingerprint density at radius 3 is 2.58 bits per heavy atom. The number of aromatic nitrogens is 3. The van der Waals surface area contributed by atoms with Gasteiger partial charge in [-0.1, -0.05) is 23.7 Å². The molecule has 0 saturated carbocycles. The molecule has 122 valence electrons. The van der Waals surface area contributed by atoms with Crippen LogP contribution in [0.4, 0.5) is 0 Å². The van der Waals surface area contributed by atoms with E-state index < -0.39 is 0 Å². The molecule has 1 N–H and O–H groups in total. The fourth-order valence-electron chi connectivity index (χ4n) is 2.13. The minimum Gasteiger partial charge on any atom is -0.420 e. The van der Waals surface area contributed by atoms with Crippen molar-refractivity contribution in [3.63, 3.8) is 0 Å². The number of pyridine rings is 1. The number of amides is 1. The van der Waals surface area contributed by atoms with Crippen LogP contribution in [0.2, 0.25) is 5.02 Å². The Morgan fingerprint density at radius 2 is 1.83 bits per heavy atom. The van der Waals surface area contributed by atoms with Gasteiger partial charge in [0.25, 0.3) is 0 Å². The van der Waals surface area contributed by atoms with Gasteiger partial charge in [0.1, 0.15) is 6.42 Å². The maximum Gasteiger partial charge on any atom is 0.247 e. The predicted molar refractivity (Wildman–Crippen MR) is 89.4 cm³/mol. The molecule has 1 amide bonds. The van der Waals surface area contributed by atoms with Crippen molar-refractivity contribution in [1.82, 2.24) is 20.5 Å². The molecule has 0 fully saturated rings. The summed E-state index contributed by atoms with van der Waals surface area (Å²) in [4.78, 5) is 15.9. The van der Waals surface area contributed by atoms with Gasteiger partial charge in [-0.05, 0) is 36.2 Å². The Balaban J connectivity index is 1.48. The first-order valence-corrected chi connectivity index (χ1v) is 7.82. The van der Waals surface area contributed by atoms with Crippen LogP contribution in [0.1, 0.15) is 11.5 Å². The highest BCUT2D eigenvalue weighted by Crippen LogP contribution is 2.16. The average molecular weight is 343 g/mol. The lowest BCUT2D eigenvalue weighted by Gasteiger charge is -2.04. The Labute approximate surface area is 143 Å². The fraction of sp³-hybridized carbons (Fsp3) is 0.176. The van der Waals surface area contributed by atoms with Crippen LogP contribution < -0.4 is 5.32 Å². The van der Waals surface area contributed by atoms with Crippen LogP contribution in [-0.2, 0) is 17.6 Å². The number of hydrogen-bond donors (Lipinski definition) is 1. The quantitative estimate of drug-likeness (QED) is 0.745. The number of carbonyl (C=O) groups excluding carboxylic acids is 1. The average Bonchev–Trinajstić information content (AvgIpc) is 3.06. The van der Waals surface area contributed by atoms with Crippen LogP contribution in [0.5, 0.6) is 0 Å². The van der Waals surface area contributed by atoms with Gasteiger partial charge in [-0.2, -0.15) is 0 Å². The second-order valence-electron chi connectivity index (χ2n) is 5.14. The molecule has 0 spiro atoms. The number of carbonyl (C=O) groups is 1. The molecular formula is C17H15ClN4O2. The van der Waals surface area contributed by atoms with Crippen LogP contribution in [0.3, 0.4) is 0 Å². The van der Waals surface area contributed by atoms with Gasteiger partial charge < -0.3 is 9.73 Å². The molecule has 3 rings (SSSR count). The zero-order valence-corrected chi connectivity index (χ0v) is 13.5. The van der Waals surface area contributed by atoms with Crippen LogP contribution in [-0.4, -0.2) is 27.6 Å². The molecule has 24 heavy (non-hydrogen) atoms. The van der Waals surface area contributed by atoms with E-state index >= 15 is 0 Å². The maximum absolute atomic E-state index is 11.9. The van der Waals surface area contributed by atoms with Crippen molar-refractivity contribution in [1.29, 1.82) is 0 Å². The van der Waals surface area contributed by atoms with E-state index in [1.807, 2.05) is 24.3 Å². The summed E-state index contributed by atoms with van der Waals surface area (Å²) in [5.41, 5.74) is 1.88. The van der Waals surface area contributed by atoms with E-state index in [9.17, 15) is 4.79 Å². The van der Waals surface area contributed by atoms with Crippen LogP contribution >= 0.6 is 11.6 Å². The highest BCUT2D eigenvalue weighted by atomic mass is 35.5. The lowest BCUT2D eigenvalue weighted by Crippen LogP contribution is -2.27. The fourth-order valence-corrected chi connectivity index (χ4v) is 2.26. The summed E-state index contributed by atoms with van der Waals surface area (Å²) < 4.78 is 5.49. The van der Waals surface area contributed by atoms with Gasteiger partial charge in [0.05, 0.1) is 0 Å². The molecule has 2 heterocycles. The maximum atomic E-state index is 11.9. The highest BCUT2D eigenvalue weighted by Gasteiger charge is 2.12. The van der Waals surface area contributed by atoms with Crippen molar-refractivity contribution in [2.75, 3.05) is 6.54 Å². The van der Waals surface area contributed by atoms with E-state index in [0.29, 0.717) is 17.5 Å². The monoisotopic (exact) mass is 342 g/mol. The zero-order chi connectivity index (χ0) is 16.8. The van der Waals surface area contributed by atoms with Gasteiger partial charge in [-0.15, -0.1) is 10.2 Å². The summed E-state index contributed by atoms with van der Waals surface area (Å²) in [6.07, 6.45) is 4.07. The second-order valence-corrected chi connectivity index (χ2v) is 5.58. The van der Waals surface area contributed by atoms with Crippen molar-refractivity contribution in [2.24, 2.45) is 0 Å². The summed E-state index contributed by atoms with van der Waals surface area (Å²) in [5, 5.41) is 11.4. The summed E-state index contributed by atoms with van der Waals surface area (Å²) in [7, 11) is 0. The zero-order valence-electron chi connectivity index (χ0n) is 12.8. The molecule has 1 aromatic carbocycles. The smallest absolute Gasteiger partial charge is 0.247 e. The molecule has 0 unspecified atom stereocenters. The topological polar surface area (TPSA) is 80.9 Å². The van der Waals surface area contributed by atoms with Crippen molar-refractivity contribution < 1.29 is 9.21 Å². The van der Waals surface area contributed by atoms with Gasteiger partial charge in [0.2, 0.25) is 17.7 Å². The van der Waals surface area contributed by atoms with E-state index in [0.717, 1.165) is 17.5 Å². The van der Waals surface area contributed by atoms with E-state index in [2.05, 4.69) is 20.5 Å². The SMILES string of the molecule is O=C(Cc1nnc(-c2ccncc2)o1)NCCc1ccc(Cl)cc1. The number of nitrogens with zero attached hydrogens (tertiary/aromatic N) is 3. The summed E-state index contributed by atoms with van der Waals surface area (Å²) in [6.45, 7) is 0.534. The highest BCUT2D eigenvalue weighted by molar-refractivity contribution is 6.30. The molecule has 0 aliphatic heterocycles. The molecule has 0 atom stereocenters. The minimum absolute atomic E-state index is 0.0543. The van der Waals surface area contributed by atoms with Gasteiger partial charge in [-0.3, -0.25) is 9.78 Å². The number of benzene rings is 1. The largest absolute Gasteiger partial charge is 0.420 e. The third kappa shape index (κ3) is 4.39. The minimum atomic E-state index is -0.158. The van der Waals surface area contributed by atoms with Crippen LogP contribution in [0, 0.1) is 0 Å². The Bertz CT molecular complexity index is 803. The van der Waals surface area contributed by atoms with Crippen LogP contribution in [0.25, 0.3) is 11.5 Å². The summed E-state index contributed by atoms with van der Waals surface area (Å²) >= 11 is 5.84. The van der Waals surface area contributed by atoms with Crippen LogP contribution in [0.15, 0.2) is 53.2 Å². The molecule has 0 saturated heterocycles. The lowest BCUT2D eigenvalue weighted by molar-refractivity contribution is -0.120. The number of hydrogen-bond acceptors (Lipinski definition) is 5. The molecule has 7 heteroatoms. The second kappa shape index (κ2) is 7.70. The van der Waals surface area contributed by atoms with Gasteiger partial charge in [-0.25, -0.2) is 0 Å². The van der Waals surface area contributed by atoms with E-state index in [1.165, 1.54) is 0 Å². The first kappa shape index (κ1) is 16.1. The van der Waals surface area contributed by atoms with Crippen molar-refractivity contribution >= 4 is 17.5 Å². The molecule has 0 aliphatic carbocycles. The molecular weight excluding hydrogens is 328 g/mol. The molecule has 3 aromatic rings. The summed E-state index contributed by atoms with van der Waals surface area (Å²) in [6, 6.07) is 11.1. The Kier molecular flexibility index (Phi) is 5.18. The van der Waals surface area contributed by atoms with E-state index in [4.69, 9.17) is 16.0 Å². The number of nitrogens with one attached hydrogen (secondary N) is 1. The molecule has 0 radical (unpaired) electrons. The van der Waals surface area contributed by atoms with Crippen molar-refractivity contribution in [2.45, 2.75) is 12.8 Å². The molecule has 6 nitrogen and oxygen atoms in total. The summed E-state index contributed by atoms with van der Waals surface area (Å²) in [5.74, 6) is 0.501. The van der Waals surface area contributed by atoms with E-state index in [-0.39, 0.29) is 18.2 Å². The predicted octanol–water partition coefficient (Wildman–Crippen LogP) is 2.69. The normalized spacial score (nSPS) is 10.5. The lowest BCUT2D eigenvalue weighted by atomic mass is 10.1. The molecule has 0 aliphatic rings. The Hall–Kier alpha value is -2.73. The number of rotatable bonds is 6. The van der Waals surface area contributed by atoms with Crippen molar-refractivity contribution in [3.8, 4) is 11.5 Å². The third-order valence-electron chi connectivity index (χ3n) is 3.36. The van der Waals surface area contributed by atoms with Gasteiger partial charge >= 0.3 is 0 Å². The number of halogens is 1. The Morgan fingerprint density at radius 1 is 1.08 bits per heavy atom. The van der Waals surface area contributed by atoms with Gasteiger partial charge in [0.15, 0.2) is 0 Å². The van der Waals surface area contributed by atoms with Crippen molar-refractivity contribution in [3.05, 3.63) is 65.3 Å². The molecule has 0 bridgehead atoms.